The zero-order chi connectivity index (χ0) is 16.1. The number of carbonyl (C=O) groups excluding carboxylic acids is 1. The van der Waals surface area contributed by atoms with Crippen molar-refractivity contribution in [1.82, 2.24) is 4.90 Å². The Balaban J connectivity index is 1.72. The number of phenolic OH excluding ortho intramolecular Hbond substituents is 1. The Hall–Kier alpha value is -2.05. The third kappa shape index (κ3) is 4.24. The minimum atomic E-state index is -0.175. The van der Waals surface area contributed by atoms with Crippen LogP contribution >= 0.6 is 11.3 Å². The molecule has 1 atom stereocenters. The van der Waals surface area contributed by atoms with Crippen molar-refractivity contribution in [2.75, 3.05) is 18.5 Å². The number of nitrogens with one attached hydrogen (secondary N) is 1. The van der Waals surface area contributed by atoms with E-state index in [1.54, 1.807) is 17.0 Å². The summed E-state index contributed by atoms with van der Waals surface area (Å²) in [7, 11) is 0. The van der Waals surface area contributed by atoms with E-state index in [9.17, 15) is 9.90 Å². The van der Waals surface area contributed by atoms with E-state index in [2.05, 4.69) is 5.32 Å². The van der Waals surface area contributed by atoms with Crippen molar-refractivity contribution >= 4 is 22.4 Å². The summed E-state index contributed by atoms with van der Waals surface area (Å²) < 4.78 is 5.66. The van der Waals surface area contributed by atoms with Crippen LogP contribution in [0.4, 0.5) is 9.80 Å². The van der Waals surface area contributed by atoms with Gasteiger partial charge in [0, 0.05) is 18.7 Å². The molecule has 0 spiro atoms. The second-order valence-corrected chi connectivity index (χ2v) is 6.50. The molecule has 2 N–H and O–H groups in total. The Labute approximate surface area is 139 Å². The molecule has 0 aliphatic carbocycles. The molecule has 2 heterocycles. The van der Waals surface area contributed by atoms with Gasteiger partial charge in [-0.05, 0) is 36.4 Å². The van der Waals surface area contributed by atoms with Crippen molar-refractivity contribution in [3.8, 4) is 5.75 Å². The molecule has 1 unspecified atom stereocenters. The number of rotatable bonds is 5. The largest absolute Gasteiger partial charge is 0.508 e. The fraction of sp³-hybridized carbons (Fsp3) is 0.353. The van der Waals surface area contributed by atoms with Gasteiger partial charge in [-0.15, -0.1) is 11.3 Å². The monoisotopic (exact) mass is 332 g/mol. The van der Waals surface area contributed by atoms with Crippen LogP contribution in [0.25, 0.3) is 0 Å². The number of urea groups is 1. The molecule has 1 aromatic carbocycles. The van der Waals surface area contributed by atoms with Gasteiger partial charge in [0.25, 0.3) is 0 Å². The molecule has 23 heavy (non-hydrogen) atoms. The minimum absolute atomic E-state index is 0.0648. The average molecular weight is 332 g/mol. The topological polar surface area (TPSA) is 61.8 Å². The molecule has 1 saturated heterocycles. The Morgan fingerprint density at radius 1 is 1.35 bits per heavy atom. The molecule has 5 nitrogen and oxygen atoms in total. The van der Waals surface area contributed by atoms with Crippen LogP contribution in [-0.4, -0.2) is 35.3 Å². The number of thiophene rings is 1. The van der Waals surface area contributed by atoms with Crippen molar-refractivity contribution in [1.29, 1.82) is 0 Å². The second kappa shape index (κ2) is 7.48. The van der Waals surface area contributed by atoms with Gasteiger partial charge in [0.05, 0.1) is 17.6 Å². The van der Waals surface area contributed by atoms with Gasteiger partial charge in [0.2, 0.25) is 0 Å². The van der Waals surface area contributed by atoms with Crippen LogP contribution in [-0.2, 0) is 11.3 Å². The van der Waals surface area contributed by atoms with E-state index in [4.69, 9.17) is 4.74 Å². The minimum Gasteiger partial charge on any atom is -0.508 e. The lowest BCUT2D eigenvalue weighted by molar-refractivity contribution is 0.0817. The van der Waals surface area contributed by atoms with Gasteiger partial charge in [-0.25, -0.2) is 4.79 Å². The van der Waals surface area contributed by atoms with Crippen LogP contribution in [0, 0.1) is 0 Å². The highest BCUT2D eigenvalue weighted by atomic mass is 32.1. The number of benzene rings is 1. The van der Waals surface area contributed by atoms with E-state index in [0.29, 0.717) is 13.1 Å². The normalized spacial score (nSPS) is 17.1. The number of amides is 2. The Bertz CT molecular complexity index is 639. The summed E-state index contributed by atoms with van der Waals surface area (Å²) >= 11 is 1.48. The second-order valence-electron chi connectivity index (χ2n) is 5.55. The number of hydrogen-bond donors (Lipinski definition) is 2. The number of ether oxygens (including phenoxy) is 1. The van der Waals surface area contributed by atoms with Crippen molar-refractivity contribution in [2.24, 2.45) is 0 Å². The molecule has 1 fully saturated rings. The van der Waals surface area contributed by atoms with Crippen molar-refractivity contribution in [3.63, 3.8) is 0 Å². The van der Waals surface area contributed by atoms with Crippen LogP contribution in [0.5, 0.6) is 5.75 Å². The molecular formula is C17H20N2O3S. The van der Waals surface area contributed by atoms with Gasteiger partial charge in [0.15, 0.2) is 0 Å². The number of phenols is 1. The first-order valence-corrected chi connectivity index (χ1v) is 8.58. The summed E-state index contributed by atoms with van der Waals surface area (Å²) in [5.41, 5.74) is 0.729. The highest BCUT2D eigenvalue weighted by Gasteiger charge is 2.23. The first-order valence-electron chi connectivity index (χ1n) is 7.70. The lowest BCUT2D eigenvalue weighted by Crippen LogP contribution is -2.39. The number of hydrogen-bond acceptors (Lipinski definition) is 4. The maximum atomic E-state index is 12.6. The van der Waals surface area contributed by atoms with Crippen LogP contribution in [0.1, 0.15) is 18.4 Å². The maximum Gasteiger partial charge on any atom is 0.322 e. The molecule has 122 valence electrons. The zero-order valence-corrected chi connectivity index (χ0v) is 13.6. The Morgan fingerprint density at radius 3 is 2.91 bits per heavy atom. The average Bonchev–Trinajstić information content (AvgIpc) is 3.22. The predicted octanol–water partition coefficient (Wildman–Crippen LogP) is 3.67. The third-order valence-electron chi connectivity index (χ3n) is 3.84. The van der Waals surface area contributed by atoms with Gasteiger partial charge >= 0.3 is 6.03 Å². The molecule has 0 bridgehead atoms. The number of para-hydroxylation sites is 1. The van der Waals surface area contributed by atoms with E-state index in [1.807, 2.05) is 29.6 Å². The van der Waals surface area contributed by atoms with Gasteiger partial charge in [-0.1, -0.05) is 18.2 Å². The highest BCUT2D eigenvalue weighted by Crippen LogP contribution is 2.22. The lowest BCUT2D eigenvalue weighted by atomic mass is 10.1. The SMILES string of the molecule is O=C(Nc1cccs1)N(Cc1ccccc1O)CC1CCCO1. The fourth-order valence-corrected chi connectivity index (χ4v) is 3.24. The van der Waals surface area contributed by atoms with E-state index in [-0.39, 0.29) is 17.9 Å². The van der Waals surface area contributed by atoms with E-state index >= 15 is 0 Å². The lowest BCUT2D eigenvalue weighted by Gasteiger charge is -2.26. The summed E-state index contributed by atoms with van der Waals surface area (Å²) in [4.78, 5) is 14.3. The first-order chi connectivity index (χ1) is 11.2. The molecule has 0 saturated carbocycles. The summed E-state index contributed by atoms with van der Waals surface area (Å²) in [6.45, 7) is 1.62. The summed E-state index contributed by atoms with van der Waals surface area (Å²) in [5.74, 6) is 0.203. The fourth-order valence-electron chi connectivity index (χ4n) is 2.64. The molecule has 2 amide bonds. The molecule has 1 aliphatic rings. The van der Waals surface area contributed by atoms with Gasteiger partial charge in [0.1, 0.15) is 5.75 Å². The van der Waals surface area contributed by atoms with E-state index in [0.717, 1.165) is 30.0 Å². The standard InChI is InChI=1S/C17H20N2O3S/c20-15-7-2-1-5-13(15)11-19(12-14-6-3-9-22-14)17(21)18-16-8-4-10-23-16/h1-2,4-5,7-8,10,14,20H,3,6,9,11-12H2,(H,18,21). The Kier molecular flexibility index (Phi) is 5.15. The number of carbonyl (C=O) groups is 1. The van der Waals surface area contributed by atoms with Crippen molar-refractivity contribution < 1.29 is 14.6 Å². The van der Waals surface area contributed by atoms with E-state index < -0.39 is 0 Å². The number of anilines is 1. The van der Waals surface area contributed by atoms with Crippen molar-refractivity contribution in [2.45, 2.75) is 25.5 Å². The molecule has 1 aromatic heterocycles. The van der Waals surface area contributed by atoms with E-state index in [1.165, 1.54) is 11.3 Å². The Morgan fingerprint density at radius 2 is 2.22 bits per heavy atom. The molecule has 1 aliphatic heterocycles. The smallest absolute Gasteiger partial charge is 0.322 e. The maximum absolute atomic E-state index is 12.6. The van der Waals surface area contributed by atoms with Crippen LogP contribution in [0.3, 0.4) is 0 Å². The quantitative estimate of drug-likeness (QED) is 0.878. The third-order valence-corrected chi connectivity index (χ3v) is 4.62. The molecular weight excluding hydrogens is 312 g/mol. The summed E-state index contributed by atoms with van der Waals surface area (Å²) in [5, 5.41) is 15.6. The summed E-state index contributed by atoms with van der Waals surface area (Å²) in [6.07, 6.45) is 2.06. The van der Waals surface area contributed by atoms with Crippen LogP contribution in [0.2, 0.25) is 0 Å². The van der Waals surface area contributed by atoms with Crippen molar-refractivity contribution in [3.05, 3.63) is 47.3 Å². The van der Waals surface area contributed by atoms with Gasteiger partial charge in [-0.2, -0.15) is 0 Å². The zero-order valence-electron chi connectivity index (χ0n) is 12.8. The summed E-state index contributed by atoms with van der Waals surface area (Å²) in [6, 6.07) is 10.7. The number of aromatic hydroxyl groups is 1. The highest BCUT2D eigenvalue weighted by molar-refractivity contribution is 7.14. The van der Waals surface area contributed by atoms with Gasteiger partial charge < -0.3 is 14.7 Å². The molecule has 3 rings (SSSR count). The van der Waals surface area contributed by atoms with Gasteiger partial charge in [-0.3, -0.25) is 5.32 Å². The van der Waals surface area contributed by atoms with Crippen LogP contribution in [0.15, 0.2) is 41.8 Å². The molecule has 0 radical (unpaired) electrons. The number of nitrogens with zero attached hydrogens (tertiary/aromatic N) is 1. The van der Waals surface area contributed by atoms with Crippen LogP contribution < -0.4 is 5.32 Å². The molecule has 2 aromatic rings. The molecule has 6 heteroatoms. The first kappa shape index (κ1) is 15.8. The predicted molar refractivity (Wildman–Crippen MR) is 90.8 cm³/mol.